The van der Waals surface area contributed by atoms with Crippen molar-refractivity contribution in [3.8, 4) is 5.75 Å². The molecule has 124 valence electrons. The van der Waals surface area contributed by atoms with Crippen LogP contribution in [-0.4, -0.2) is 6.36 Å². The Morgan fingerprint density at radius 3 is 2.39 bits per heavy atom. The maximum Gasteiger partial charge on any atom is 0.573 e. The molecule has 0 spiro atoms. The van der Waals surface area contributed by atoms with Crippen LogP contribution in [0.1, 0.15) is 24.1 Å². The van der Waals surface area contributed by atoms with Crippen LogP contribution in [0.4, 0.5) is 22.0 Å². The summed E-state index contributed by atoms with van der Waals surface area (Å²) in [5.74, 6) is -2.23. The second-order valence-corrected chi connectivity index (χ2v) is 4.93. The highest BCUT2D eigenvalue weighted by Gasteiger charge is 2.31. The third kappa shape index (κ3) is 4.92. The quantitative estimate of drug-likeness (QED) is 0.801. The van der Waals surface area contributed by atoms with Gasteiger partial charge in [-0.1, -0.05) is 24.3 Å². The van der Waals surface area contributed by atoms with Crippen LogP contribution in [0.15, 0.2) is 42.5 Å². The van der Waals surface area contributed by atoms with E-state index in [1.165, 1.54) is 24.3 Å². The topological polar surface area (TPSA) is 21.3 Å². The second kappa shape index (κ2) is 6.95. The van der Waals surface area contributed by atoms with Crippen LogP contribution in [0.25, 0.3) is 0 Å². The van der Waals surface area contributed by atoms with E-state index >= 15 is 0 Å². The Labute approximate surface area is 129 Å². The van der Waals surface area contributed by atoms with Gasteiger partial charge < -0.3 is 10.1 Å². The summed E-state index contributed by atoms with van der Waals surface area (Å²) in [6, 6.07) is 8.80. The van der Waals surface area contributed by atoms with Gasteiger partial charge in [0.25, 0.3) is 0 Å². The summed E-state index contributed by atoms with van der Waals surface area (Å²) in [5.41, 5.74) is 0.789. The number of hydrogen-bond donors (Lipinski definition) is 1. The van der Waals surface area contributed by atoms with Gasteiger partial charge in [-0.15, -0.1) is 13.2 Å². The first-order chi connectivity index (χ1) is 10.8. The van der Waals surface area contributed by atoms with E-state index in [1.807, 2.05) is 0 Å². The summed E-state index contributed by atoms with van der Waals surface area (Å²) in [6.07, 6.45) is -4.78. The summed E-state index contributed by atoms with van der Waals surface area (Å²) < 4.78 is 67.1. The SMILES string of the molecule is CC(NCc1ccccc1OC(F)(F)F)c1ccc(F)c(F)c1. The van der Waals surface area contributed by atoms with Gasteiger partial charge in [0.1, 0.15) is 5.75 Å². The van der Waals surface area contributed by atoms with E-state index in [1.54, 1.807) is 13.0 Å². The van der Waals surface area contributed by atoms with Crippen molar-refractivity contribution in [1.29, 1.82) is 0 Å². The van der Waals surface area contributed by atoms with Gasteiger partial charge in [0, 0.05) is 18.2 Å². The highest BCUT2D eigenvalue weighted by Crippen LogP contribution is 2.26. The number of para-hydroxylation sites is 1. The number of hydrogen-bond acceptors (Lipinski definition) is 2. The Morgan fingerprint density at radius 1 is 1.04 bits per heavy atom. The molecule has 2 nitrogen and oxygen atoms in total. The molecule has 2 rings (SSSR count). The van der Waals surface area contributed by atoms with Gasteiger partial charge in [0.2, 0.25) is 0 Å². The maximum atomic E-state index is 13.2. The van der Waals surface area contributed by atoms with E-state index in [2.05, 4.69) is 10.1 Å². The van der Waals surface area contributed by atoms with E-state index in [4.69, 9.17) is 0 Å². The standard InChI is InChI=1S/C16H14F5NO/c1-10(11-6-7-13(17)14(18)8-11)22-9-12-4-2-3-5-15(12)23-16(19,20)21/h2-8,10,22H,9H2,1H3. The average molecular weight is 331 g/mol. The predicted octanol–water partition coefficient (Wildman–Crippen LogP) is 4.71. The monoisotopic (exact) mass is 331 g/mol. The first kappa shape index (κ1) is 17.2. The number of ether oxygens (including phenoxy) is 1. The number of alkyl halides is 3. The van der Waals surface area contributed by atoms with Crippen molar-refractivity contribution in [3.63, 3.8) is 0 Å². The van der Waals surface area contributed by atoms with Crippen LogP contribution in [0.5, 0.6) is 5.75 Å². The van der Waals surface area contributed by atoms with Crippen molar-refractivity contribution in [2.75, 3.05) is 0 Å². The first-order valence-electron chi connectivity index (χ1n) is 6.78. The number of benzene rings is 2. The molecule has 23 heavy (non-hydrogen) atoms. The molecule has 0 fully saturated rings. The van der Waals surface area contributed by atoms with Crippen molar-refractivity contribution in [3.05, 3.63) is 65.2 Å². The van der Waals surface area contributed by atoms with Gasteiger partial charge in [0.15, 0.2) is 11.6 Å². The molecule has 0 amide bonds. The smallest absolute Gasteiger partial charge is 0.405 e. The van der Waals surface area contributed by atoms with Crippen LogP contribution in [0, 0.1) is 11.6 Å². The molecule has 0 aliphatic carbocycles. The molecule has 7 heteroatoms. The van der Waals surface area contributed by atoms with E-state index in [0.29, 0.717) is 11.1 Å². The van der Waals surface area contributed by atoms with Crippen molar-refractivity contribution >= 4 is 0 Å². The van der Waals surface area contributed by atoms with Crippen molar-refractivity contribution < 1.29 is 26.7 Å². The Bertz CT molecular complexity index is 672. The van der Waals surface area contributed by atoms with Crippen molar-refractivity contribution in [2.45, 2.75) is 25.9 Å². The van der Waals surface area contributed by atoms with Crippen molar-refractivity contribution in [1.82, 2.24) is 5.32 Å². The number of nitrogens with one attached hydrogen (secondary N) is 1. The highest BCUT2D eigenvalue weighted by molar-refractivity contribution is 5.33. The fourth-order valence-electron chi connectivity index (χ4n) is 2.04. The molecule has 0 bridgehead atoms. The molecule has 2 aromatic rings. The largest absolute Gasteiger partial charge is 0.573 e. The molecule has 1 N–H and O–H groups in total. The van der Waals surface area contributed by atoms with Gasteiger partial charge >= 0.3 is 6.36 Å². The minimum absolute atomic E-state index is 0.0758. The van der Waals surface area contributed by atoms with E-state index in [0.717, 1.165) is 12.1 Å². The van der Waals surface area contributed by atoms with Gasteiger partial charge in [0.05, 0.1) is 0 Å². The number of rotatable bonds is 5. The van der Waals surface area contributed by atoms with E-state index < -0.39 is 18.0 Å². The molecule has 0 radical (unpaired) electrons. The molecular weight excluding hydrogens is 317 g/mol. The van der Waals surface area contributed by atoms with E-state index in [-0.39, 0.29) is 18.3 Å². The molecule has 0 saturated heterocycles. The molecule has 0 saturated carbocycles. The molecule has 0 heterocycles. The fraction of sp³-hybridized carbons (Fsp3) is 0.250. The maximum absolute atomic E-state index is 13.2. The zero-order chi connectivity index (χ0) is 17.0. The van der Waals surface area contributed by atoms with Crippen LogP contribution in [0.2, 0.25) is 0 Å². The Balaban J connectivity index is 2.07. The average Bonchev–Trinajstić information content (AvgIpc) is 2.47. The van der Waals surface area contributed by atoms with Crippen LogP contribution in [-0.2, 0) is 6.54 Å². The zero-order valence-corrected chi connectivity index (χ0v) is 12.1. The minimum atomic E-state index is -4.78. The lowest BCUT2D eigenvalue weighted by molar-refractivity contribution is -0.274. The summed E-state index contributed by atoms with van der Waals surface area (Å²) in [7, 11) is 0. The van der Waals surface area contributed by atoms with Gasteiger partial charge in [-0.25, -0.2) is 8.78 Å². The minimum Gasteiger partial charge on any atom is -0.405 e. The first-order valence-corrected chi connectivity index (χ1v) is 6.78. The summed E-state index contributed by atoms with van der Waals surface area (Å²) in [6.45, 7) is 1.77. The number of halogens is 5. The van der Waals surface area contributed by atoms with Gasteiger partial charge in [-0.3, -0.25) is 0 Å². The molecule has 2 aromatic carbocycles. The molecular formula is C16H14F5NO. The lowest BCUT2D eigenvalue weighted by Crippen LogP contribution is -2.21. The van der Waals surface area contributed by atoms with Crippen LogP contribution < -0.4 is 10.1 Å². The second-order valence-electron chi connectivity index (χ2n) is 4.93. The molecule has 0 aliphatic rings. The summed E-state index contributed by atoms with van der Waals surface area (Å²) in [5, 5.41) is 2.95. The van der Waals surface area contributed by atoms with Crippen LogP contribution >= 0.6 is 0 Å². The lowest BCUT2D eigenvalue weighted by Gasteiger charge is -2.17. The molecule has 1 unspecified atom stereocenters. The Kier molecular flexibility index (Phi) is 5.20. The Hall–Kier alpha value is -2.15. The van der Waals surface area contributed by atoms with Gasteiger partial charge in [-0.2, -0.15) is 0 Å². The molecule has 0 aliphatic heterocycles. The van der Waals surface area contributed by atoms with Gasteiger partial charge in [-0.05, 0) is 30.7 Å². The highest BCUT2D eigenvalue weighted by atomic mass is 19.4. The molecule has 0 aromatic heterocycles. The zero-order valence-electron chi connectivity index (χ0n) is 12.1. The Morgan fingerprint density at radius 2 is 1.74 bits per heavy atom. The fourth-order valence-corrected chi connectivity index (χ4v) is 2.04. The van der Waals surface area contributed by atoms with Crippen LogP contribution in [0.3, 0.4) is 0 Å². The lowest BCUT2D eigenvalue weighted by atomic mass is 10.1. The predicted molar refractivity (Wildman–Crippen MR) is 74.7 cm³/mol. The molecule has 1 atom stereocenters. The third-order valence-corrected chi connectivity index (χ3v) is 3.24. The van der Waals surface area contributed by atoms with Crippen molar-refractivity contribution in [2.24, 2.45) is 0 Å². The summed E-state index contributed by atoms with van der Waals surface area (Å²) in [4.78, 5) is 0. The summed E-state index contributed by atoms with van der Waals surface area (Å²) >= 11 is 0. The normalized spacial score (nSPS) is 13.0. The van der Waals surface area contributed by atoms with E-state index in [9.17, 15) is 22.0 Å². The third-order valence-electron chi connectivity index (χ3n) is 3.24.